The van der Waals surface area contributed by atoms with Crippen molar-refractivity contribution >= 4 is 34.0 Å². The van der Waals surface area contributed by atoms with Crippen LogP contribution in [0, 0.1) is 22.9 Å². The van der Waals surface area contributed by atoms with Crippen molar-refractivity contribution in [2.75, 3.05) is 11.9 Å². The van der Waals surface area contributed by atoms with Crippen LogP contribution >= 0.6 is 0 Å². The molecule has 0 bridgehead atoms. The number of anilines is 1. The number of nitro benzene ring substituents is 1. The van der Waals surface area contributed by atoms with Crippen molar-refractivity contribution in [1.29, 1.82) is 0 Å². The minimum Gasteiger partial charge on any atom is -0.477 e. The molecule has 0 spiro atoms. The van der Waals surface area contributed by atoms with Crippen LogP contribution in [0.5, 0.6) is 5.75 Å². The summed E-state index contributed by atoms with van der Waals surface area (Å²) in [6, 6.07) is 16.4. The van der Waals surface area contributed by atoms with Crippen molar-refractivity contribution in [2.45, 2.75) is 6.92 Å². The second-order valence-electron chi connectivity index (χ2n) is 7.16. The van der Waals surface area contributed by atoms with Gasteiger partial charge in [-0.3, -0.25) is 19.7 Å². The van der Waals surface area contributed by atoms with Gasteiger partial charge in [0.2, 0.25) is 5.78 Å². The number of halogens is 1. The quantitative estimate of drug-likeness (QED) is 0.241. The summed E-state index contributed by atoms with van der Waals surface area (Å²) in [5.74, 6) is -2.05. The Labute approximate surface area is 186 Å². The zero-order valence-electron chi connectivity index (χ0n) is 17.3. The largest absolute Gasteiger partial charge is 0.477 e. The summed E-state index contributed by atoms with van der Waals surface area (Å²) in [5.41, 5.74) is 0.619. The first-order chi connectivity index (χ1) is 15.8. The summed E-state index contributed by atoms with van der Waals surface area (Å²) in [6.07, 6.45) is 0. The Morgan fingerprint density at radius 1 is 1.09 bits per heavy atom. The van der Waals surface area contributed by atoms with Crippen molar-refractivity contribution in [3.63, 3.8) is 0 Å². The number of furan rings is 1. The summed E-state index contributed by atoms with van der Waals surface area (Å²) >= 11 is 0. The number of fused-ring (bicyclic) bond motifs is 1. The lowest BCUT2D eigenvalue weighted by Crippen LogP contribution is -2.21. The van der Waals surface area contributed by atoms with Gasteiger partial charge in [0, 0.05) is 17.0 Å². The van der Waals surface area contributed by atoms with Crippen molar-refractivity contribution < 1.29 is 28.1 Å². The molecule has 1 heterocycles. The molecule has 1 N–H and O–H groups in total. The Hall–Kier alpha value is -4.53. The molecule has 166 valence electrons. The van der Waals surface area contributed by atoms with Crippen LogP contribution < -0.4 is 10.1 Å². The molecule has 8 nitrogen and oxygen atoms in total. The first-order valence-electron chi connectivity index (χ1n) is 9.83. The van der Waals surface area contributed by atoms with E-state index in [4.69, 9.17) is 9.15 Å². The van der Waals surface area contributed by atoms with Crippen molar-refractivity contribution in [3.8, 4) is 5.75 Å². The second kappa shape index (κ2) is 8.91. The lowest BCUT2D eigenvalue weighted by atomic mass is 10.0. The summed E-state index contributed by atoms with van der Waals surface area (Å²) in [5, 5.41) is 14.2. The highest BCUT2D eigenvalue weighted by atomic mass is 19.1. The van der Waals surface area contributed by atoms with E-state index in [1.54, 1.807) is 37.3 Å². The van der Waals surface area contributed by atoms with Gasteiger partial charge in [0.25, 0.3) is 5.91 Å². The van der Waals surface area contributed by atoms with Gasteiger partial charge < -0.3 is 14.5 Å². The van der Waals surface area contributed by atoms with E-state index in [0.29, 0.717) is 16.5 Å². The number of aryl methyl sites for hydroxylation is 1. The molecule has 9 heteroatoms. The fraction of sp³-hybridized carbons (Fsp3) is 0.0833. The molecule has 0 fully saturated rings. The lowest BCUT2D eigenvalue weighted by Gasteiger charge is -2.08. The molecular formula is C24H17FN2O6. The first-order valence-corrected chi connectivity index (χ1v) is 9.83. The number of carbonyl (C=O) groups is 2. The zero-order valence-corrected chi connectivity index (χ0v) is 17.3. The van der Waals surface area contributed by atoms with E-state index in [1.165, 1.54) is 30.3 Å². The van der Waals surface area contributed by atoms with Crippen LogP contribution in [0.3, 0.4) is 0 Å². The lowest BCUT2D eigenvalue weighted by molar-refractivity contribution is -0.385. The highest BCUT2D eigenvalue weighted by Gasteiger charge is 2.24. The van der Waals surface area contributed by atoms with Crippen molar-refractivity contribution in [1.82, 2.24) is 0 Å². The molecule has 0 saturated carbocycles. The van der Waals surface area contributed by atoms with Gasteiger partial charge in [-0.25, -0.2) is 4.39 Å². The number of benzene rings is 3. The molecule has 4 aromatic rings. The minimum absolute atomic E-state index is 0.0591. The third kappa shape index (κ3) is 4.42. The van der Waals surface area contributed by atoms with Crippen LogP contribution in [0.2, 0.25) is 0 Å². The van der Waals surface area contributed by atoms with Gasteiger partial charge in [0.05, 0.1) is 10.6 Å². The van der Waals surface area contributed by atoms with Crippen molar-refractivity contribution in [2.24, 2.45) is 0 Å². The van der Waals surface area contributed by atoms with Gasteiger partial charge >= 0.3 is 5.69 Å². The molecule has 0 saturated heterocycles. The maximum Gasteiger partial charge on any atom is 0.310 e. The molecule has 0 aliphatic carbocycles. The smallest absolute Gasteiger partial charge is 0.310 e. The Morgan fingerprint density at radius 2 is 1.82 bits per heavy atom. The molecule has 0 aliphatic rings. The standard InChI is InChI=1S/C24H17FN2O6/c1-14-10-11-15(12-17(14)25)23(29)24-22(16-6-2-4-8-19(16)33-24)26-21(28)13-32-20-9-5-3-7-18(20)27(30)31/h2-12H,13H2,1H3,(H,26,28). The van der Waals surface area contributed by atoms with Gasteiger partial charge in [-0.2, -0.15) is 0 Å². The number of carbonyl (C=O) groups excluding carboxylic acids is 2. The van der Waals surface area contributed by atoms with E-state index in [-0.39, 0.29) is 28.4 Å². The van der Waals surface area contributed by atoms with Gasteiger partial charge in [-0.15, -0.1) is 0 Å². The number of amides is 1. The third-order valence-corrected chi connectivity index (χ3v) is 4.92. The number of rotatable bonds is 7. The Morgan fingerprint density at radius 3 is 2.58 bits per heavy atom. The third-order valence-electron chi connectivity index (χ3n) is 4.92. The Bertz CT molecular complexity index is 1390. The normalized spacial score (nSPS) is 10.7. The minimum atomic E-state index is -0.663. The summed E-state index contributed by atoms with van der Waals surface area (Å²) in [4.78, 5) is 36.2. The number of nitrogens with one attached hydrogen (secondary N) is 1. The number of hydrogen-bond donors (Lipinski definition) is 1. The van der Waals surface area contributed by atoms with Crippen LogP contribution in [0.4, 0.5) is 15.8 Å². The van der Waals surface area contributed by atoms with Gasteiger partial charge in [0.1, 0.15) is 11.4 Å². The van der Waals surface area contributed by atoms with Crippen LogP contribution in [-0.2, 0) is 4.79 Å². The van der Waals surface area contributed by atoms with Crippen LogP contribution in [0.25, 0.3) is 11.0 Å². The molecule has 4 rings (SSSR count). The number of para-hydroxylation sites is 3. The van der Waals surface area contributed by atoms with E-state index < -0.39 is 29.0 Å². The second-order valence-corrected chi connectivity index (χ2v) is 7.16. The van der Waals surface area contributed by atoms with Crippen molar-refractivity contribution in [3.05, 3.63) is 99.5 Å². The molecule has 0 atom stereocenters. The van der Waals surface area contributed by atoms with Crippen LogP contribution in [0.1, 0.15) is 21.7 Å². The first kappa shape index (κ1) is 21.7. The average Bonchev–Trinajstić information content (AvgIpc) is 3.17. The van der Waals surface area contributed by atoms with E-state index in [1.807, 2.05) is 0 Å². The van der Waals surface area contributed by atoms with E-state index in [0.717, 1.165) is 6.07 Å². The number of nitro groups is 1. The maximum absolute atomic E-state index is 14.0. The van der Waals surface area contributed by atoms with E-state index >= 15 is 0 Å². The Kier molecular flexibility index (Phi) is 5.86. The van der Waals surface area contributed by atoms with E-state index in [9.17, 15) is 24.1 Å². The highest BCUT2D eigenvalue weighted by molar-refractivity contribution is 6.17. The monoisotopic (exact) mass is 448 g/mol. The topological polar surface area (TPSA) is 112 Å². The average molecular weight is 448 g/mol. The SMILES string of the molecule is Cc1ccc(C(=O)c2oc3ccccc3c2NC(=O)COc2ccccc2[N+](=O)[O-])cc1F. The fourth-order valence-corrected chi connectivity index (χ4v) is 3.24. The molecule has 1 aromatic heterocycles. The van der Waals surface area contributed by atoms with E-state index in [2.05, 4.69) is 5.32 Å². The molecule has 0 aliphatic heterocycles. The van der Waals surface area contributed by atoms with Gasteiger partial charge in [-0.05, 0) is 36.8 Å². The summed E-state index contributed by atoms with van der Waals surface area (Å²) in [7, 11) is 0. The summed E-state index contributed by atoms with van der Waals surface area (Å²) < 4.78 is 25.0. The zero-order chi connectivity index (χ0) is 23.5. The number of nitrogens with zero attached hydrogens (tertiary/aromatic N) is 1. The fourth-order valence-electron chi connectivity index (χ4n) is 3.24. The molecule has 1 amide bonds. The number of ketones is 1. The molecule has 0 radical (unpaired) electrons. The molecule has 3 aromatic carbocycles. The highest BCUT2D eigenvalue weighted by Crippen LogP contribution is 2.33. The Balaban J connectivity index is 1.62. The van der Waals surface area contributed by atoms with Gasteiger partial charge in [0.15, 0.2) is 18.1 Å². The summed E-state index contributed by atoms with van der Waals surface area (Å²) in [6.45, 7) is 1.03. The number of hydrogen-bond acceptors (Lipinski definition) is 6. The van der Waals surface area contributed by atoms with Gasteiger partial charge in [-0.1, -0.05) is 36.4 Å². The predicted molar refractivity (Wildman–Crippen MR) is 118 cm³/mol. The molecular weight excluding hydrogens is 431 g/mol. The van der Waals surface area contributed by atoms with Crippen LogP contribution in [0.15, 0.2) is 71.1 Å². The molecule has 0 unspecified atom stereocenters. The number of ether oxygens (including phenoxy) is 1. The maximum atomic E-state index is 14.0. The predicted octanol–water partition coefficient (Wildman–Crippen LogP) is 5.04. The molecule has 33 heavy (non-hydrogen) atoms. The van der Waals surface area contributed by atoms with Crippen LogP contribution in [-0.4, -0.2) is 23.2 Å².